The minimum Gasteiger partial charge on any atom is -0.383 e. The first-order valence-electron chi connectivity index (χ1n) is 7.67. The molecule has 2 N–H and O–H groups in total. The van der Waals surface area contributed by atoms with Crippen LogP contribution in [0.1, 0.15) is 24.6 Å². The summed E-state index contributed by atoms with van der Waals surface area (Å²) in [5, 5.41) is 4.30. The summed E-state index contributed by atoms with van der Waals surface area (Å²) in [4.78, 5) is 2.14. The number of hydrogen-bond acceptors (Lipinski definition) is 3. The number of hydrogen-bond donors (Lipinski definition) is 1. The number of piperidine rings is 1. The molecule has 0 spiro atoms. The second-order valence-electron chi connectivity index (χ2n) is 6.09. The molecule has 3 rings (SSSR count). The zero-order chi connectivity index (χ0) is 17.5. The fourth-order valence-electron chi connectivity index (χ4n) is 3.06. The summed E-state index contributed by atoms with van der Waals surface area (Å²) in [5.41, 5.74) is 5.44. The van der Waals surface area contributed by atoms with Crippen LogP contribution in [0, 0.1) is 0 Å². The minimum absolute atomic E-state index is 0.0548. The van der Waals surface area contributed by atoms with Crippen molar-refractivity contribution in [3.8, 4) is 11.1 Å². The zero-order valence-electron chi connectivity index (χ0n) is 13.1. The zero-order valence-corrected chi connectivity index (χ0v) is 13.9. The summed E-state index contributed by atoms with van der Waals surface area (Å²) in [6.45, 7) is 1.61. The lowest BCUT2D eigenvalue weighted by atomic mass is 10.0. The molecule has 2 aromatic rings. The highest BCUT2D eigenvalue weighted by molar-refractivity contribution is 6.30. The van der Waals surface area contributed by atoms with Crippen molar-refractivity contribution in [2.45, 2.75) is 25.1 Å². The van der Waals surface area contributed by atoms with Crippen molar-refractivity contribution in [2.24, 2.45) is 0 Å². The van der Waals surface area contributed by atoms with E-state index in [1.54, 1.807) is 12.1 Å². The molecule has 1 aliphatic heterocycles. The molecule has 0 bridgehead atoms. The van der Waals surface area contributed by atoms with Crippen molar-refractivity contribution >= 4 is 17.4 Å². The Kier molecular flexibility index (Phi) is 4.48. The summed E-state index contributed by atoms with van der Waals surface area (Å²) in [7, 11) is 1.99. The maximum absolute atomic E-state index is 13.5. The Morgan fingerprint density at radius 2 is 1.75 bits per heavy atom. The lowest BCUT2D eigenvalue weighted by Gasteiger charge is -2.29. The first-order chi connectivity index (χ1) is 11.3. The quantitative estimate of drug-likeness (QED) is 0.880. The van der Waals surface area contributed by atoms with Crippen LogP contribution in [0.4, 0.5) is 19.0 Å². The van der Waals surface area contributed by atoms with E-state index in [4.69, 9.17) is 17.3 Å². The maximum Gasteiger partial charge on any atom is 0.435 e. The number of halogens is 4. The van der Waals surface area contributed by atoms with E-state index >= 15 is 0 Å². The predicted octanol–water partition coefficient (Wildman–Crippen LogP) is 4.07. The van der Waals surface area contributed by atoms with E-state index in [0.717, 1.165) is 25.9 Å². The van der Waals surface area contributed by atoms with Gasteiger partial charge in [0.15, 0.2) is 5.69 Å². The molecule has 2 heterocycles. The Morgan fingerprint density at radius 3 is 2.29 bits per heavy atom. The molecule has 0 atom stereocenters. The first kappa shape index (κ1) is 17.1. The third-order valence-corrected chi connectivity index (χ3v) is 4.63. The van der Waals surface area contributed by atoms with E-state index in [-0.39, 0.29) is 17.4 Å². The highest BCUT2D eigenvalue weighted by Gasteiger charge is 2.40. The Balaban J connectivity index is 2.08. The third-order valence-electron chi connectivity index (χ3n) is 4.38. The van der Waals surface area contributed by atoms with Crippen LogP contribution in [0.5, 0.6) is 0 Å². The number of likely N-dealkylation sites (tertiary alicyclic amines) is 1. The van der Waals surface area contributed by atoms with Crippen LogP contribution in [0.25, 0.3) is 11.1 Å². The summed E-state index contributed by atoms with van der Waals surface area (Å²) in [6, 6.07) is 6.03. The number of rotatable bonds is 2. The van der Waals surface area contributed by atoms with Crippen molar-refractivity contribution in [1.29, 1.82) is 0 Å². The van der Waals surface area contributed by atoms with Crippen LogP contribution < -0.4 is 5.73 Å². The van der Waals surface area contributed by atoms with Gasteiger partial charge in [-0.2, -0.15) is 18.3 Å². The number of alkyl halides is 3. The topological polar surface area (TPSA) is 47.1 Å². The van der Waals surface area contributed by atoms with Crippen molar-refractivity contribution in [3.05, 3.63) is 35.0 Å². The van der Waals surface area contributed by atoms with Gasteiger partial charge in [0.1, 0.15) is 5.82 Å². The van der Waals surface area contributed by atoms with Crippen LogP contribution in [0.2, 0.25) is 5.02 Å². The normalized spacial score (nSPS) is 17.4. The standard InChI is InChI=1S/C16H18ClF3N4/c1-23-8-6-12(7-9-23)24-15(21)13(14(22-24)16(18,19)20)10-2-4-11(17)5-3-10/h2-5,12H,6-9,21H2,1H3. The molecule has 0 radical (unpaired) electrons. The Morgan fingerprint density at radius 1 is 1.17 bits per heavy atom. The molecule has 0 aliphatic carbocycles. The van der Waals surface area contributed by atoms with E-state index in [9.17, 15) is 13.2 Å². The highest BCUT2D eigenvalue weighted by atomic mass is 35.5. The maximum atomic E-state index is 13.5. The fourth-order valence-corrected chi connectivity index (χ4v) is 3.19. The van der Waals surface area contributed by atoms with E-state index in [1.807, 2.05) is 7.05 Å². The van der Waals surface area contributed by atoms with Gasteiger partial charge in [-0.05, 0) is 50.7 Å². The second-order valence-corrected chi connectivity index (χ2v) is 6.53. The van der Waals surface area contributed by atoms with Crippen molar-refractivity contribution in [3.63, 3.8) is 0 Å². The number of aromatic nitrogens is 2. The molecule has 1 aromatic carbocycles. The van der Waals surface area contributed by atoms with Crippen LogP contribution >= 0.6 is 11.6 Å². The second kappa shape index (κ2) is 6.29. The van der Waals surface area contributed by atoms with Crippen LogP contribution in [0.15, 0.2) is 24.3 Å². The van der Waals surface area contributed by atoms with Crippen molar-refractivity contribution < 1.29 is 13.2 Å². The molecule has 8 heteroatoms. The molecule has 0 saturated carbocycles. The SMILES string of the molecule is CN1CCC(n2nc(C(F)(F)F)c(-c3ccc(Cl)cc3)c2N)CC1. The van der Waals surface area contributed by atoms with Gasteiger partial charge in [-0.25, -0.2) is 4.68 Å². The van der Waals surface area contributed by atoms with Gasteiger partial charge in [0.2, 0.25) is 0 Å². The summed E-state index contributed by atoms with van der Waals surface area (Å²) >= 11 is 5.83. The largest absolute Gasteiger partial charge is 0.435 e. The van der Waals surface area contributed by atoms with E-state index in [2.05, 4.69) is 10.00 Å². The molecule has 1 aliphatic rings. The van der Waals surface area contributed by atoms with E-state index < -0.39 is 11.9 Å². The van der Waals surface area contributed by atoms with Gasteiger partial charge in [-0.15, -0.1) is 0 Å². The Labute approximate surface area is 143 Å². The molecule has 24 heavy (non-hydrogen) atoms. The minimum atomic E-state index is -4.57. The van der Waals surface area contributed by atoms with Gasteiger partial charge in [-0.3, -0.25) is 0 Å². The van der Waals surface area contributed by atoms with E-state index in [1.165, 1.54) is 16.8 Å². The van der Waals surface area contributed by atoms with Crippen LogP contribution in [-0.2, 0) is 6.18 Å². The molecular formula is C16H18ClF3N4. The summed E-state index contributed by atoms with van der Waals surface area (Å²) in [6.07, 6.45) is -3.13. The Hall–Kier alpha value is -1.73. The van der Waals surface area contributed by atoms with Gasteiger partial charge in [-0.1, -0.05) is 23.7 Å². The average Bonchev–Trinajstić information content (AvgIpc) is 2.87. The average molecular weight is 359 g/mol. The predicted molar refractivity (Wildman–Crippen MR) is 87.9 cm³/mol. The number of nitrogen functional groups attached to an aromatic ring is 1. The van der Waals surface area contributed by atoms with Crippen LogP contribution in [0.3, 0.4) is 0 Å². The molecule has 130 valence electrons. The molecular weight excluding hydrogens is 341 g/mol. The first-order valence-corrected chi connectivity index (χ1v) is 8.05. The molecule has 0 amide bonds. The number of anilines is 1. The molecule has 4 nitrogen and oxygen atoms in total. The lowest BCUT2D eigenvalue weighted by molar-refractivity contribution is -0.141. The van der Waals surface area contributed by atoms with Gasteiger partial charge < -0.3 is 10.6 Å². The monoisotopic (exact) mass is 358 g/mol. The smallest absolute Gasteiger partial charge is 0.383 e. The third kappa shape index (κ3) is 3.23. The lowest BCUT2D eigenvalue weighted by Crippen LogP contribution is -2.32. The highest BCUT2D eigenvalue weighted by Crippen LogP contribution is 2.41. The summed E-state index contributed by atoms with van der Waals surface area (Å²) in [5.74, 6) is 0.0548. The van der Waals surface area contributed by atoms with E-state index in [0.29, 0.717) is 10.6 Å². The molecule has 0 unspecified atom stereocenters. The number of nitrogens with two attached hydrogens (primary N) is 1. The van der Waals surface area contributed by atoms with Gasteiger partial charge >= 0.3 is 6.18 Å². The van der Waals surface area contributed by atoms with Gasteiger partial charge in [0, 0.05) is 5.02 Å². The molecule has 1 saturated heterocycles. The number of nitrogens with zero attached hydrogens (tertiary/aromatic N) is 3. The summed E-state index contributed by atoms with van der Waals surface area (Å²) < 4.78 is 41.8. The van der Waals surface area contributed by atoms with Crippen molar-refractivity contribution in [1.82, 2.24) is 14.7 Å². The van der Waals surface area contributed by atoms with Gasteiger partial charge in [0.25, 0.3) is 0 Å². The van der Waals surface area contributed by atoms with Crippen LogP contribution in [-0.4, -0.2) is 34.8 Å². The van der Waals surface area contributed by atoms with Gasteiger partial charge in [0.05, 0.1) is 11.6 Å². The van der Waals surface area contributed by atoms with Crippen molar-refractivity contribution in [2.75, 3.05) is 25.9 Å². The molecule has 1 aromatic heterocycles. The fraction of sp³-hybridized carbons (Fsp3) is 0.438. The molecule has 1 fully saturated rings. The number of benzene rings is 1. The Bertz CT molecular complexity index is 716.